The third kappa shape index (κ3) is 3.57. The van der Waals surface area contributed by atoms with Crippen molar-refractivity contribution in [3.63, 3.8) is 0 Å². The zero-order valence-corrected chi connectivity index (χ0v) is 13.7. The van der Waals surface area contributed by atoms with Gasteiger partial charge in [-0.2, -0.15) is 0 Å². The Balaban J connectivity index is 2.27. The highest BCUT2D eigenvalue weighted by molar-refractivity contribution is 6.07. The summed E-state index contributed by atoms with van der Waals surface area (Å²) in [6.45, 7) is 0. The Morgan fingerprint density at radius 1 is 1.21 bits per heavy atom. The van der Waals surface area contributed by atoms with Crippen LogP contribution in [0, 0.1) is 0 Å². The molecule has 0 radical (unpaired) electrons. The standard InChI is InChI=1S/C17H19NO6/c1-22-12-9-11(10-13(23-2)17(12)24-3)7-8-16(21)18-14(19)5-4-6-15(18)20/h4-5,7-10,15,20H,6H2,1-3H3. The van der Waals surface area contributed by atoms with Crippen LogP contribution >= 0.6 is 0 Å². The molecule has 128 valence electrons. The maximum Gasteiger partial charge on any atom is 0.255 e. The molecule has 1 atom stereocenters. The number of benzene rings is 1. The van der Waals surface area contributed by atoms with E-state index in [0.717, 1.165) is 4.90 Å². The molecule has 0 aliphatic carbocycles. The summed E-state index contributed by atoms with van der Waals surface area (Å²) in [6, 6.07) is 3.33. The van der Waals surface area contributed by atoms with Crippen molar-refractivity contribution in [1.82, 2.24) is 4.90 Å². The number of aliphatic hydroxyl groups is 1. The highest BCUT2D eigenvalue weighted by Crippen LogP contribution is 2.38. The molecule has 24 heavy (non-hydrogen) atoms. The van der Waals surface area contributed by atoms with Crippen molar-refractivity contribution < 1.29 is 28.9 Å². The van der Waals surface area contributed by atoms with Gasteiger partial charge in [0, 0.05) is 12.5 Å². The van der Waals surface area contributed by atoms with E-state index in [4.69, 9.17) is 14.2 Å². The summed E-state index contributed by atoms with van der Waals surface area (Å²) in [5.74, 6) is 0.177. The third-order valence-electron chi connectivity index (χ3n) is 3.49. The molecule has 0 saturated heterocycles. The topological polar surface area (TPSA) is 85.3 Å². The van der Waals surface area contributed by atoms with Gasteiger partial charge in [0.2, 0.25) is 5.75 Å². The summed E-state index contributed by atoms with van der Waals surface area (Å²) in [5, 5.41) is 9.78. The Morgan fingerprint density at radius 3 is 2.33 bits per heavy atom. The second-order valence-electron chi connectivity index (χ2n) is 4.96. The Morgan fingerprint density at radius 2 is 1.83 bits per heavy atom. The number of nitrogens with zero attached hydrogens (tertiary/aromatic N) is 1. The van der Waals surface area contributed by atoms with Crippen LogP contribution in [0.25, 0.3) is 6.08 Å². The molecule has 2 rings (SSSR count). The van der Waals surface area contributed by atoms with Crippen LogP contribution in [-0.4, -0.2) is 49.4 Å². The Kier molecular flexibility index (Phi) is 5.59. The highest BCUT2D eigenvalue weighted by atomic mass is 16.5. The van der Waals surface area contributed by atoms with Crippen LogP contribution in [0.5, 0.6) is 17.2 Å². The van der Waals surface area contributed by atoms with E-state index in [9.17, 15) is 14.7 Å². The monoisotopic (exact) mass is 333 g/mol. The van der Waals surface area contributed by atoms with Crippen LogP contribution in [0.2, 0.25) is 0 Å². The van der Waals surface area contributed by atoms with E-state index >= 15 is 0 Å². The smallest absolute Gasteiger partial charge is 0.255 e. The van der Waals surface area contributed by atoms with Gasteiger partial charge < -0.3 is 19.3 Å². The van der Waals surface area contributed by atoms with Crippen molar-refractivity contribution in [3.05, 3.63) is 35.9 Å². The van der Waals surface area contributed by atoms with E-state index in [1.54, 1.807) is 12.1 Å². The summed E-state index contributed by atoms with van der Waals surface area (Å²) in [5.41, 5.74) is 0.618. The van der Waals surface area contributed by atoms with Gasteiger partial charge in [0.25, 0.3) is 11.8 Å². The number of hydrogen-bond acceptors (Lipinski definition) is 6. The molecule has 0 aromatic heterocycles. The van der Waals surface area contributed by atoms with Gasteiger partial charge in [-0.05, 0) is 29.8 Å². The van der Waals surface area contributed by atoms with Gasteiger partial charge in [0.05, 0.1) is 21.3 Å². The van der Waals surface area contributed by atoms with Gasteiger partial charge in [0.15, 0.2) is 11.5 Å². The SMILES string of the molecule is COc1cc(C=CC(=O)N2C(=O)C=CCC2O)cc(OC)c1OC. The summed E-state index contributed by atoms with van der Waals surface area (Å²) in [7, 11) is 4.48. The minimum Gasteiger partial charge on any atom is -0.493 e. The number of rotatable bonds is 5. The molecular formula is C17H19NO6. The zero-order valence-electron chi connectivity index (χ0n) is 13.7. The predicted molar refractivity (Wildman–Crippen MR) is 86.7 cm³/mol. The summed E-state index contributed by atoms with van der Waals surface area (Å²) in [6.07, 6.45) is 4.57. The van der Waals surface area contributed by atoms with Crippen molar-refractivity contribution in [3.8, 4) is 17.2 Å². The molecule has 7 nitrogen and oxygen atoms in total. The molecule has 0 fully saturated rings. The van der Waals surface area contributed by atoms with Crippen LogP contribution in [-0.2, 0) is 9.59 Å². The van der Waals surface area contributed by atoms with Crippen molar-refractivity contribution in [2.75, 3.05) is 21.3 Å². The Labute approximate surface area is 139 Å². The zero-order chi connectivity index (χ0) is 17.7. The van der Waals surface area contributed by atoms with Crippen molar-refractivity contribution >= 4 is 17.9 Å². The number of aliphatic hydroxyl groups excluding tert-OH is 1. The van der Waals surface area contributed by atoms with Crippen LogP contribution in [0.1, 0.15) is 12.0 Å². The Hall–Kier alpha value is -2.80. The lowest BCUT2D eigenvalue weighted by Crippen LogP contribution is -2.44. The number of ether oxygens (including phenoxy) is 3. The predicted octanol–water partition coefficient (Wildman–Crippen LogP) is 1.36. The van der Waals surface area contributed by atoms with Crippen LogP contribution in [0.3, 0.4) is 0 Å². The second-order valence-corrected chi connectivity index (χ2v) is 4.96. The third-order valence-corrected chi connectivity index (χ3v) is 3.49. The number of amides is 2. The molecule has 0 spiro atoms. The number of imide groups is 1. The first-order valence-electron chi connectivity index (χ1n) is 7.21. The largest absolute Gasteiger partial charge is 0.493 e. The molecule has 0 saturated carbocycles. The Bertz CT molecular complexity index is 669. The van der Waals surface area contributed by atoms with E-state index in [2.05, 4.69) is 0 Å². The fraction of sp³-hybridized carbons (Fsp3) is 0.294. The van der Waals surface area contributed by atoms with Gasteiger partial charge in [-0.25, -0.2) is 4.90 Å². The minimum absolute atomic E-state index is 0.218. The molecule has 1 aliphatic heterocycles. The van der Waals surface area contributed by atoms with Crippen molar-refractivity contribution in [2.45, 2.75) is 12.6 Å². The average Bonchev–Trinajstić information content (AvgIpc) is 2.58. The van der Waals surface area contributed by atoms with Gasteiger partial charge in [0.1, 0.15) is 6.23 Å². The van der Waals surface area contributed by atoms with Crippen LogP contribution in [0.15, 0.2) is 30.4 Å². The van der Waals surface area contributed by atoms with E-state index in [-0.39, 0.29) is 6.42 Å². The fourth-order valence-electron chi connectivity index (χ4n) is 2.32. The van der Waals surface area contributed by atoms with Gasteiger partial charge in [-0.3, -0.25) is 9.59 Å². The molecule has 7 heteroatoms. The molecule has 1 unspecified atom stereocenters. The maximum atomic E-state index is 12.2. The molecule has 0 bridgehead atoms. The van der Waals surface area contributed by atoms with Crippen LogP contribution < -0.4 is 14.2 Å². The first-order chi connectivity index (χ1) is 11.5. The number of hydrogen-bond donors (Lipinski definition) is 1. The summed E-state index contributed by atoms with van der Waals surface area (Å²) >= 11 is 0. The van der Waals surface area contributed by atoms with Gasteiger partial charge >= 0.3 is 0 Å². The van der Waals surface area contributed by atoms with Gasteiger partial charge in [-0.1, -0.05) is 6.08 Å². The first-order valence-corrected chi connectivity index (χ1v) is 7.21. The summed E-state index contributed by atoms with van der Waals surface area (Å²) in [4.78, 5) is 24.7. The van der Waals surface area contributed by atoms with E-state index < -0.39 is 18.0 Å². The average molecular weight is 333 g/mol. The molecule has 1 aromatic carbocycles. The van der Waals surface area contributed by atoms with E-state index in [1.165, 1.54) is 45.6 Å². The maximum absolute atomic E-state index is 12.2. The minimum atomic E-state index is -1.15. The molecular weight excluding hydrogens is 314 g/mol. The first kappa shape index (κ1) is 17.6. The molecule has 1 aromatic rings. The van der Waals surface area contributed by atoms with E-state index in [1.807, 2.05) is 0 Å². The number of carbonyl (C=O) groups excluding carboxylic acids is 2. The van der Waals surface area contributed by atoms with Gasteiger partial charge in [-0.15, -0.1) is 0 Å². The second kappa shape index (κ2) is 7.65. The highest BCUT2D eigenvalue weighted by Gasteiger charge is 2.27. The number of carbonyl (C=O) groups is 2. The van der Waals surface area contributed by atoms with Crippen molar-refractivity contribution in [2.24, 2.45) is 0 Å². The number of methoxy groups -OCH3 is 3. The lowest BCUT2D eigenvalue weighted by atomic mass is 10.1. The fourth-order valence-corrected chi connectivity index (χ4v) is 2.32. The summed E-state index contributed by atoms with van der Waals surface area (Å²) < 4.78 is 15.7. The van der Waals surface area contributed by atoms with Crippen molar-refractivity contribution in [1.29, 1.82) is 0 Å². The molecule has 1 aliphatic rings. The van der Waals surface area contributed by atoms with Crippen LogP contribution in [0.4, 0.5) is 0 Å². The lowest BCUT2D eigenvalue weighted by molar-refractivity contribution is -0.150. The van der Waals surface area contributed by atoms with E-state index in [0.29, 0.717) is 22.8 Å². The molecule has 2 amide bonds. The lowest BCUT2D eigenvalue weighted by Gasteiger charge is -2.25. The molecule has 1 heterocycles. The molecule has 1 N–H and O–H groups in total. The normalized spacial score (nSPS) is 17.2. The quantitative estimate of drug-likeness (QED) is 0.819.